The van der Waals surface area contributed by atoms with Crippen LogP contribution in [0.3, 0.4) is 0 Å². The molecule has 0 aliphatic carbocycles. The van der Waals surface area contributed by atoms with E-state index in [4.69, 9.17) is 11.6 Å². The fourth-order valence-corrected chi connectivity index (χ4v) is 3.08. The van der Waals surface area contributed by atoms with Crippen LogP contribution in [0.15, 0.2) is 53.4 Å². The SMILES string of the molecule is O=[C]c1ccc(C(=O)NS(=O)(=O)c2ccccc2Cl)cc1. The number of sulfonamides is 1. The summed E-state index contributed by atoms with van der Waals surface area (Å²) in [6.07, 6.45) is 1.66. The van der Waals surface area contributed by atoms with Gasteiger partial charge < -0.3 is 0 Å². The Hall–Kier alpha value is -2.18. The first-order valence-corrected chi connectivity index (χ1v) is 7.60. The van der Waals surface area contributed by atoms with Gasteiger partial charge in [-0.25, -0.2) is 13.1 Å². The van der Waals surface area contributed by atoms with Gasteiger partial charge in [-0.05, 0) is 24.3 Å². The van der Waals surface area contributed by atoms with E-state index in [0.717, 1.165) is 0 Å². The minimum absolute atomic E-state index is 0.0173. The van der Waals surface area contributed by atoms with Gasteiger partial charge in [0.15, 0.2) is 0 Å². The zero-order valence-electron chi connectivity index (χ0n) is 10.5. The summed E-state index contributed by atoms with van der Waals surface area (Å²) in [7, 11) is -4.06. The molecule has 7 heteroatoms. The predicted octanol–water partition coefficient (Wildman–Crippen LogP) is 1.92. The Morgan fingerprint density at radius 3 is 2.24 bits per heavy atom. The third-order valence-corrected chi connectivity index (χ3v) is 4.45. The number of hydrogen-bond donors (Lipinski definition) is 1. The van der Waals surface area contributed by atoms with Crippen molar-refractivity contribution in [1.29, 1.82) is 0 Å². The van der Waals surface area contributed by atoms with E-state index in [2.05, 4.69) is 0 Å². The highest BCUT2D eigenvalue weighted by molar-refractivity contribution is 7.90. The number of rotatable bonds is 4. The Morgan fingerprint density at radius 2 is 1.67 bits per heavy atom. The Bertz CT molecular complexity index is 785. The van der Waals surface area contributed by atoms with E-state index >= 15 is 0 Å². The van der Waals surface area contributed by atoms with Crippen LogP contribution < -0.4 is 4.72 Å². The van der Waals surface area contributed by atoms with Crippen LogP contribution in [0.5, 0.6) is 0 Å². The molecule has 2 rings (SSSR count). The first-order valence-electron chi connectivity index (χ1n) is 5.74. The summed E-state index contributed by atoms with van der Waals surface area (Å²) in [5, 5.41) is 0.0173. The summed E-state index contributed by atoms with van der Waals surface area (Å²) < 4.78 is 26.1. The molecule has 0 unspecified atom stereocenters. The lowest BCUT2D eigenvalue weighted by molar-refractivity contribution is 0.0981. The summed E-state index contributed by atoms with van der Waals surface area (Å²) >= 11 is 5.80. The van der Waals surface area contributed by atoms with Crippen LogP contribution in [-0.4, -0.2) is 20.6 Å². The monoisotopic (exact) mass is 322 g/mol. The zero-order valence-corrected chi connectivity index (χ0v) is 12.1. The van der Waals surface area contributed by atoms with Crippen LogP contribution in [0.25, 0.3) is 0 Å². The molecule has 0 aromatic heterocycles. The summed E-state index contributed by atoms with van der Waals surface area (Å²) in [5.74, 6) is -0.813. The standard InChI is InChI=1S/C14H9ClNO4S/c15-12-3-1-2-4-13(12)21(19,20)16-14(18)11-7-5-10(9-17)6-8-11/h1-8H,(H,16,18). The highest BCUT2D eigenvalue weighted by Gasteiger charge is 2.21. The van der Waals surface area contributed by atoms with Crippen LogP contribution in [0.4, 0.5) is 0 Å². The molecule has 1 N–H and O–H groups in total. The quantitative estimate of drug-likeness (QED) is 0.932. The molecular weight excluding hydrogens is 314 g/mol. The van der Waals surface area contributed by atoms with Crippen molar-refractivity contribution in [2.75, 3.05) is 0 Å². The Balaban J connectivity index is 2.26. The molecule has 1 radical (unpaired) electrons. The second kappa shape index (κ2) is 6.07. The minimum Gasteiger partial charge on any atom is -0.285 e. The van der Waals surface area contributed by atoms with Crippen molar-refractivity contribution in [2.45, 2.75) is 4.90 Å². The highest BCUT2D eigenvalue weighted by Crippen LogP contribution is 2.20. The van der Waals surface area contributed by atoms with E-state index in [1.807, 2.05) is 4.72 Å². The van der Waals surface area contributed by atoms with Crippen LogP contribution in [-0.2, 0) is 14.8 Å². The molecule has 5 nitrogen and oxygen atoms in total. The molecule has 21 heavy (non-hydrogen) atoms. The molecule has 2 aromatic carbocycles. The maximum Gasteiger partial charge on any atom is 0.265 e. The Labute approximate surface area is 126 Å². The van der Waals surface area contributed by atoms with Crippen molar-refractivity contribution >= 4 is 33.8 Å². The van der Waals surface area contributed by atoms with Gasteiger partial charge in [0.2, 0.25) is 6.29 Å². The minimum atomic E-state index is -4.06. The molecule has 0 saturated heterocycles. The van der Waals surface area contributed by atoms with E-state index in [1.165, 1.54) is 42.5 Å². The van der Waals surface area contributed by atoms with Gasteiger partial charge in [0.05, 0.1) is 5.02 Å². The molecule has 0 spiro atoms. The van der Waals surface area contributed by atoms with Crippen LogP contribution in [0.2, 0.25) is 5.02 Å². The Kier molecular flexibility index (Phi) is 4.40. The van der Waals surface area contributed by atoms with E-state index in [0.29, 0.717) is 0 Å². The van der Waals surface area contributed by atoms with Gasteiger partial charge in [-0.1, -0.05) is 35.9 Å². The van der Waals surface area contributed by atoms with Crippen molar-refractivity contribution in [2.24, 2.45) is 0 Å². The fraction of sp³-hybridized carbons (Fsp3) is 0. The fourth-order valence-electron chi connectivity index (χ4n) is 1.59. The largest absolute Gasteiger partial charge is 0.285 e. The molecule has 2 aromatic rings. The van der Waals surface area contributed by atoms with E-state index in [-0.39, 0.29) is 21.0 Å². The molecule has 0 heterocycles. The molecule has 0 atom stereocenters. The maximum absolute atomic E-state index is 12.1. The van der Waals surface area contributed by atoms with Crippen molar-refractivity contribution in [3.05, 3.63) is 64.7 Å². The summed E-state index contributed by atoms with van der Waals surface area (Å²) in [4.78, 5) is 22.1. The number of carbonyl (C=O) groups is 1. The van der Waals surface area contributed by atoms with Crippen molar-refractivity contribution in [1.82, 2.24) is 4.72 Å². The number of benzene rings is 2. The highest BCUT2D eigenvalue weighted by atomic mass is 35.5. The number of hydrogen-bond acceptors (Lipinski definition) is 4. The third-order valence-electron chi connectivity index (χ3n) is 2.62. The molecular formula is C14H9ClNO4S. The topological polar surface area (TPSA) is 80.3 Å². The van der Waals surface area contributed by atoms with E-state index < -0.39 is 15.9 Å². The first kappa shape index (κ1) is 15.2. The zero-order chi connectivity index (χ0) is 15.5. The lowest BCUT2D eigenvalue weighted by Crippen LogP contribution is -2.30. The molecule has 107 valence electrons. The van der Waals surface area contributed by atoms with Gasteiger partial charge in [-0.2, -0.15) is 0 Å². The second-order valence-electron chi connectivity index (χ2n) is 4.04. The third kappa shape index (κ3) is 3.48. The molecule has 0 aliphatic rings. The number of nitrogens with one attached hydrogen (secondary N) is 1. The second-order valence-corrected chi connectivity index (χ2v) is 6.10. The van der Waals surface area contributed by atoms with Crippen LogP contribution in [0.1, 0.15) is 15.9 Å². The maximum atomic E-state index is 12.1. The number of carbonyl (C=O) groups excluding carboxylic acids is 2. The smallest absolute Gasteiger partial charge is 0.265 e. The average molecular weight is 323 g/mol. The van der Waals surface area contributed by atoms with Gasteiger partial charge >= 0.3 is 0 Å². The molecule has 0 bridgehead atoms. The summed E-state index contributed by atoms with van der Waals surface area (Å²) in [6, 6.07) is 11.2. The number of halogens is 1. The summed E-state index contributed by atoms with van der Waals surface area (Å²) in [5.41, 5.74) is 0.366. The molecule has 0 saturated carbocycles. The molecule has 0 aliphatic heterocycles. The molecule has 0 fully saturated rings. The molecule has 1 amide bonds. The van der Waals surface area contributed by atoms with Crippen LogP contribution >= 0.6 is 11.6 Å². The number of amides is 1. The Morgan fingerprint density at radius 1 is 1.05 bits per heavy atom. The van der Waals surface area contributed by atoms with Crippen molar-refractivity contribution < 1.29 is 18.0 Å². The van der Waals surface area contributed by atoms with Crippen molar-refractivity contribution in [3.63, 3.8) is 0 Å². The van der Waals surface area contributed by atoms with Gasteiger partial charge in [-0.15, -0.1) is 0 Å². The normalized spacial score (nSPS) is 10.9. The van der Waals surface area contributed by atoms with Gasteiger partial charge in [-0.3, -0.25) is 9.59 Å². The summed E-state index contributed by atoms with van der Waals surface area (Å²) in [6.45, 7) is 0. The lowest BCUT2D eigenvalue weighted by atomic mass is 10.1. The predicted molar refractivity (Wildman–Crippen MR) is 77.3 cm³/mol. The van der Waals surface area contributed by atoms with Gasteiger partial charge in [0.25, 0.3) is 15.9 Å². The van der Waals surface area contributed by atoms with Gasteiger partial charge in [0, 0.05) is 11.1 Å². The first-order chi connectivity index (χ1) is 9.94. The van der Waals surface area contributed by atoms with Gasteiger partial charge in [0.1, 0.15) is 4.90 Å². The average Bonchev–Trinajstić information content (AvgIpc) is 2.47. The van der Waals surface area contributed by atoms with Crippen molar-refractivity contribution in [3.8, 4) is 0 Å². The lowest BCUT2D eigenvalue weighted by Gasteiger charge is -2.08. The van der Waals surface area contributed by atoms with E-state index in [9.17, 15) is 18.0 Å². The van der Waals surface area contributed by atoms with E-state index in [1.54, 1.807) is 12.4 Å². The van der Waals surface area contributed by atoms with Crippen LogP contribution in [0, 0.1) is 0 Å².